The molecule has 1 fully saturated rings. The van der Waals surface area contributed by atoms with E-state index < -0.39 is 0 Å². The lowest BCUT2D eigenvalue weighted by atomic mass is 9.95. The van der Waals surface area contributed by atoms with Crippen molar-refractivity contribution in [3.8, 4) is 5.75 Å². The van der Waals surface area contributed by atoms with Crippen molar-refractivity contribution in [2.24, 2.45) is 0 Å². The van der Waals surface area contributed by atoms with Crippen molar-refractivity contribution in [3.63, 3.8) is 0 Å². The number of benzene rings is 1. The number of methoxy groups -OCH3 is 1. The van der Waals surface area contributed by atoms with E-state index in [0.29, 0.717) is 5.92 Å². The number of nitrogens with zero attached hydrogens (tertiary/aromatic N) is 1. The minimum Gasteiger partial charge on any atom is -0.497 e. The van der Waals surface area contributed by atoms with Crippen LogP contribution in [0.15, 0.2) is 41.8 Å². The summed E-state index contributed by atoms with van der Waals surface area (Å²) in [4.78, 5) is 15.7. The molecule has 5 heteroatoms. The second-order valence-corrected chi connectivity index (χ2v) is 6.42. The molecule has 0 spiro atoms. The van der Waals surface area contributed by atoms with E-state index in [1.807, 2.05) is 40.5 Å². The smallest absolute Gasteiger partial charge is 0.321 e. The predicted octanol–water partition coefficient (Wildman–Crippen LogP) is 4.17. The van der Waals surface area contributed by atoms with Crippen molar-refractivity contribution >= 4 is 23.1 Å². The molecule has 1 N–H and O–H groups in total. The summed E-state index contributed by atoms with van der Waals surface area (Å²) in [7, 11) is 1.62. The average molecular weight is 316 g/mol. The third kappa shape index (κ3) is 3.42. The van der Waals surface area contributed by atoms with Gasteiger partial charge in [0, 0.05) is 29.7 Å². The number of rotatable bonds is 3. The van der Waals surface area contributed by atoms with Gasteiger partial charge in [0.1, 0.15) is 5.75 Å². The number of carbonyl (C=O) groups is 1. The predicted molar refractivity (Wildman–Crippen MR) is 89.9 cm³/mol. The summed E-state index contributed by atoms with van der Waals surface area (Å²) in [6.07, 6.45) is 2.07. The zero-order valence-corrected chi connectivity index (χ0v) is 13.4. The Bertz CT molecular complexity index is 619. The Balaban J connectivity index is 1.55. The molecule has 0 saturated carbocycles. The summed E-state index contributed by atoms with van der Waals surface area (Å²) < 4.78 is 5.17. The van der Waals surface area contributed by atoms with Crippen molar-refractivity contribution in [1.82, 2.24) is 4.90 Å². The number of hydrogen-bond acceptors (Lipinski definition) is 3. The molecule has 2 aromatic rings. The van der Waals surface area contributed by atoms with Crippen LogP contribution in [0.2, 0.25) is 0 Å². The van der Waals surface area contributed by atoms with E-state index in [2.05, 4.69) is 22.8 Å². The Morgan fingerprint density at radius 1 is 1.27 bits per heavy atom. The third-order valence-electron chi connectivity index (χ3n) is 4.05. The SMILES string of the molecule is COc1cccc(NC(=O)N2CCC(c3cccs3)CC2)c1. The molecule has 1 saturated heterocycles. The van der Waals surface area contributed by atoms with E-state index in [1.165, 1.54) is 4.88 Å². The summed E-state index contributed by atoms with van der Waals surface area (Å²) in [6, 6.07) is 11.7. The van der Waals surface area contributed by atoms with Crippen LogP contribution in [0.3, 0.4) is 0 Å². The number of carbonyl (C=O) groups excluding carboxylic acids is 1. The van der Waals surface area contributed by atoms with Crippen molar-refractivity contribution in [2.75, 3.05) is 25.5 Å². The number of amides is 2. The molecule has 3 rings (SSSR count). The molecule has 0 aliphatic carbocycles. The first-order chi connectivity index (χ1) is 10.8. The van der Waals surface area contributed by atoms with Crippen LogP contribution in [-0.4, -0.2) is 31.1 Å². The number of hydrogen-bond donors (Lipinski definition) is 1. The van der Waals surface area contributed by atoms with Gasteiger partial charge in [-0.05, 0) is 42.3 Å². The van der Waals surface area contributed by atoms with Gasteiger partial charge in [0.25, 0.3) is 0 Å². The molecule has 1 aromatic carbocycles. The standard InChI is InChI=1S/C17H20N2O2S/c1-21-15-5-2-4-14(12-15)18-17(20)19-9-7-13(8-10-19)16-6-3-11-22-16/h2-6,11-13H,7-10H2,1H3,(H,18,20). The number of nitrogens with one attached hydrogen (secondary N) is 1. The molecule has 0 bridgehead atoms. The van der Waals surface area contributed by atoms with Gasteiger partial charge in [-0.3, -0.25) is 0 Å². The molecule has 2 amide bonds. The summed E-state index contributed by atoms with van der Waals surface area (Å²) in [5.74, 6) is 1.34. The number of anilines is 1. The molecular weight excluding hydrogens is 296 g/mol. The minimum absolute atomic E-state index is 0.0297. The first-order valence-corrected chi connectivity index (χ1v) is 8.37. The summed E-state index contributed by atoms with van der Waals surface area (Å²) in [5.41, 5.74) is 0.768. The molecule has 4 nitrogen and oxygen atoms in total. The highest BCUT2D eigenvalue weighted by molar-refractivity contribution is 7.10. The van der Waals surface area contributed by atoms with Crippen LogP contribution in [0.4, 0.5) is 10.5 Å². The molecule has 1 aromatic heterocycles. The van der Waals surface area contributed by atoms with Crippen LogP contribution < -0.4 is 10.1 Å². The van der Waals surface area contributed by atoms with E-state index in [9.17, 15) is 4.79 Å². The van der Waals surface area contributed by atoms with Crippen LogP contribution in [0, 0.1) is 0 Å². The number of piperidine rings is 1. The van der Waals surface area contributed by atoms with Crippen molar-refractivity contribution in [2.45, 2.75) is 18.8 Å². The van der Waals surface area contributed by atoms with Crippen LogP contribution in [0.5, 0.6) is 5.75 Å². The van der Waals surface area contributed by atoms with E-state index >= 15 is 0 Å². The van der Waals surface area contributed by atoms with Gasteiger partial charge in [0.2, 0.25) is 0 Å². The molecule has 0 atom stereocenters. The van der Waals surface area contributed by atoms with Crippen LogP contribution >= 0.6 is 11.3 Å². The van der Waals surface area contributed by atoms with Gasteiger partial charge < -0.3 is 15.0 Å². The molecule has 0 unspecified atom stereocenters. The van der Waals surface area contributed by atoms with Gasteiger partial charge >= 0.3 is 6.03 Å². The van der Waals surface area contributed by atoms with Gasteiger partial charge in [-0.1, -0.05) is 12.1 Å². The Kier molecular flexibility index (Phi) is 4.63. The van der Waals surface area contributed by atoms with Gasteiger partial charge in [0.05, 0.1) is 7.11 Å². The minimum atomic E-state index is -0.0297. The maximum atomic E-state index is 12.3. The zero-order valence-electron chi connectivity index (χ0n) is 12.6. The normalized spacial score (nSPS) is 15.6. The molecule has 1 aliphatic rings. The maximum absolute atomic E-state index is 12.3. The monoisotopic (exact) mass is 316 g/mol. The van der Waals surface area contributed by atoms with Gasteiger partial charge in [-0.15, -0.1) is 11.3 Å². The van der Waals surface area contributed by atoms with Crippen molar-refractivity contribution < 1.29 is 9.53 Å². The topological polar surface area (TPSA) is 41.6 Å². The Hall–Kier alpha value is -2.01. The first-order valence-electron chi connectivity index (χ1n) is 7.49. The summed E-state index contributed by atoms with van der Waals surface area (Å²) in [6.45, 7) is 1.61. The fourth-order valence-electron chi connectivity index (χ4n) is 2.79. The highest BCUT2D eigenvalue weighted by Gasteiger charge is 2.24. The van der Waals surface area contributed by atoms with Gasteiger partial charge in [-0.2, -0.15) is 0 Å². The lowest BCUT2D eigenvalue weighted by Crippen LogP contribution is -2.40. The van der Waals surface area contributed by atoms with Gasteiger partial charge in [-0.25, -0.2) is 4.79 Å². The van der Waals surface area contributed by atoms with Crippen LogP contribution in [0.1, 0.15) is 23.6 Å². The molecule has 116 valence electrons. The Labute approximate surface area is 134 Å². The van der Waals surface area contributed by atoms with E-state index in [1.54, 1.807) is 7.11 Å². The number of thiophene rings is 1. The second kappa shape index (κ2) is 6.83. The van der Waals surface area contributed by atoms with Crippen LogP contribution in [0.25, 0.3) is 0 Å². The fourth-order valence-corrected chi connectivity index (χ4v) is 3.69. The first kappa shape index (κ1) is 14.9. The Morgan fingerprint density at radius 2 is 2.09 bits per heavy atom. The number of ether oxygens (including phenoxy) is 1. The van der Waals surface area contributed by atoms with Crippen molar-refractivity contribution in [1.29, 1.82) is 0 Å². The molecule has 1 aliphatic heterocycles. The average Bonchev–Trinajstić information content (AvgIpc) is 3.09. The molecule has 22 heavy (non-hydrogen) atoms. The van der Waals surface area contributed by atoms with E-state index in [-0.39, 0.29) is 6.03 Å². The quantitative estimate of drug-likeness (QED) is 0.923. The van der Waals surface area contributed by atoms with E-state index in [4.69, 9.17) is 4.74 Å². The molecule has 2 heterocycles. The summed E-state index contributed by atoms with van der Waals surface area (Å²) >= 11 is 1.81. The van der Waals surface area contributed by atoms with E-state index in [0.717, 1.165) is 37.4 Å². The Morgan fingerprint density at radius 3 is 2.77 bits per heavy atom. The number of urea groups is 1. The molecule has 0 radical (unpaired) electrons. The van der Waals surface area contributed by atoms with Crippen molar-refractivity contribution in [3.05, 3.63) is 46.7 Å². The lowest BCUT2D eigenvalue weighted by molar-refractivity contribution is 0.195. The fraction of sp³-hybridized carbons (Fsp3) is 0.353. The number of likely N-dealkylation sites (tertiary alicyclic amines) is 1. The molecular formula is C17H20N2O2S. The summed E-state index contributed by atoms with van der Waals surface area (Å²) in [5, 5.41) is 5.07. The largest absolute Gasteiger partial charge is 0.497 e. The van der Waals surface area contributed by atoms with Gasteiger partial charge in [0.15, 0.2) is 0 Å². The highest BCUT2D eigenvalue weighted by atomic mass is 32.1. The zero-order chi connectivity index (χ0) is 15.4. The van der Waals surface area contributed by atoms with Crippen LogP contribution in [-0.2, 0) is 0 Å². The second-order valence-electron chi connectivity index (χ2n) is 5.44. The maximum Gasteiger partial charge on any atom is 0.321 e. The lowest BCUT2D eigenvalue weighted by Gasteiger charge is -2.31. The highest BCUT2D eigenvalue weighted by Crippen LogP contribution is 2.31. The third-order valence-corrected chi connectivity index (χ3v) is 5.08.